The zero-order valence-electron chi connectivity index (χ0n) is 24.7. The van der Waals surface area contributed by atoms with E-state index in [2.05, 4.69) is 5.32 Å². The minimum atomic E-state index is -1.33. The van der Waals surface area contributed by atoms with Crippen LogP contribution in [0.15, 0.2) is 48.5 Å². The van der Waals surface area contributed by atoms with E-state index in [1.165, 1.54) is 0 Å². The molecule has 0 radical (unpaired) electrons. The van der Waals surface area contributed by atoms with Gasteiger partial charge in [-0.2, -0.15) is 0 Å². The molecule has 0 aliphatic carbocycles. The fourth-order valence-electron chi connectivity index (χ4n) is 5.45. The Labute approximate surface area is 249 Å². The zero-order chi connectivity index (χ0) is 30.9. The Morgan fingerprint density at radius 1 is 0.977 bits per heavy atom. The molecule has 3 saturated heterocycles. The highest BCUT2D eigenvalue weighted by Crippen LogP contribution is 2.43. The molecule has 3 aliphatic heterocycles. The molecule has 12 nitrogen and oxygen atoms in total. The average molecular weight is 600 g/mol. The molecule has 3 heterocycles. The summed E-state index contributed by atoms with van der Waals surface area (Å²) in [5.74, 6) is -3.89. The highest BCUT2D eigenvalue weighted by molar-refractivity contribution is 5.98. The summed E-state index contributed by atoms with van der Waals surface area (Å²) < 4.78 is 42.2. The van der Waals surface area contributed by atoms with Crippen molar-refractivity contribution in [3.63, 3.8) is 0 Å². The number of hydrogen-bond donors (Lipinski definition) is 2. The first-order valence-corrected chi connectivity index (χ1v) is 14.2. The van der Waals surface area contributed by atoms with Gasteiger partial charge in [0, 0.05) is 11.1 Å². The maximum Gasteiger partial charge on any atom is 0.329 e. The Bertz CT molecular complexity index is 1360. The second kappa shape index (κ2) is 12.2. The zero-order valence-corrected chi connectivity index (χ0v) is 24.7. The summed E-state index contributed by atoms with van der Waals surface area (Å²) in [4.78, 5) is 36.6. The lowest BCUT2D eigenvalue weighted by molar-refractivity contribution is -0.362. The van der Waals surface area contributed by atoms with E-state index in [0.717, 1.165) is 0 Å². The molecule has 0 aromatic heterocycles. The number of nitrogens with one attached hydrogen (secondary N) is 1. The van der Waals surface area contributed by atoms with Gasteiger partial charge in [-0.25, -0.2) is 4.79 Å². The summed E-state index contributed by atoms with van der Waals surface area (Å²) >= 11 is 0. The molecule has 43 heavy (non-hydrogen) atoms. The van der Waals surface area contributed by atoms with Crippen LogP contribution in [0.5, 0.6) is 5.75 Å². The van der Waals surface area contributed by atoms with Gasteiger partial charge in [-0.15, -0.1) is 0 Å². The molecule has 2 aromatic rings. The third-order valence-corrected chi connectivity index (χ3v) is 7.27. The normalized spacial score (nSPS) is 27.7. The molecule has 2 N–H and O–H groups in total. The SMILES string of the molecule is CCOC(=O)[C@H](CC(=O)O)NC(=O)c1cccc(-c2ccccc2O[C@H]2O[C@@H]3COC(C)(C)O[C@H]3[C@@H]3OC(C)(C)O[C@H]23)c1. The quantitative estimate of drug-likeness (QED) is 0.409. The van der Waals surface area contributed by atoms with Crippen LogP contribution >= 0.6 is 0 Å². The third-order valence-electron chi connectivity index (χ3n) is 7.27. The third kappa shape index (κ3) is 7.00. The topological polar surface area (TPSA) is 148 Å². The fourth-order valence-corrected chi connectivity index (χ4v) is 5.45. The molecular formula is C31H37NO11. The molecule has 6 atom stereocenters. The van der Waals surface area contributed by atoms with E-state index in [1.54, 1.807) is 31.2 Å². The number of carboxylic acid groups (broad SMARTS) is 1. The molecule has 0 unspecified atom stereocenters. The molecule has 0 saturated carbocycles. The van der Waals surface area contributed by atoms with Crippen molar-refractivity contribution in [3.8, 4) is 16.9 Å². The first-order chi connectivity index (χ1) is 20.4. The van der Waals surface area contributed by atoms with Crippen molar-refractivity contribution in [2.24, 2.45) is 0 Å². The Morgan fingerprint density at radius 3 is 2.44 bits per heavy atom. The van der Waals surface area contributed by atoms with Crippen molar-refractivity contribution < 1.29 is 52.6 Å². The van der Waals surface area contributed by atoms with Crippen molar-refractivity contribution >= 4 is 17.8 Å². The molecule has 12 heteroatoms. The van der Waals surface area contributed by atoms with Crippen LogP contribution in [0.1, 0.15) is 51.4 Å². The summed E-state index contributed by atoms with van der Waals surface area (Å²) in [5, 5.41) is 11.7. The molecule has 2 aromatic carbocycles. The Hall–Kier alpha value is -3.55. The molecule has 0 bridgehead atoms. The average Bonchev–Trinajstić information content (AvgIpc) is 3.29. The molecule has 3 aliphatic rings. The van der Waals surface area contributed by atoms with Gasteiger partial charge in [0.2, 0.25) is 6.29 Å². The van der Waals surface area contributed by atoms with Crippen LogP contribution in [0.25, 0.3) is 11.1 Å². The lowest BCUT2D eigenvalue weighted by atomic mass is 9.97. The van der Waals surface area contributed by atoms with Gasteiger partial charge in [0.25, 0.3) is 5.91 Å². The second-order valence-electron chi connectivity index (χ2n) is 11.5. The van der Waals surface area contributed by atoms with Gasteiger partial charge in [0.15, 0.2) is 17.7 Å². The van der Waals surface area contributed by atoms with Crippen molar-refractivity contribution in [1.29, 1.82) is 0 Å². The highest BCUT2D eigenvalue weighted by atomic mass is 16.8. The molecule has 5 rings (SSSR count). The molecule has 232 valence electrons. The number of para-hydroxylation sites is 1. The Kier molecular flexibility index (Phi) is 8.77. The van der Waals surface area contributed by atoms with E-state index < -0.39 is 72.6 Å². The van der Waals surface area contributed by atoms with Crippen LogP contribution in [0.4, 0.5) is 0 Å². The van der Waals surface area contributed by atoms with Crippen molar-refractivity contribution in [2.45, 2.75) is 89.4 Å². The van der Waals surface area contributed by atoms with Crippen LogP contribution < -0.4 is 10.1 Å². The highest BCUT2D eigenvalue weighted by Gasteiger charge is 2.59. The summed E-state index contributed by atoms with van der Waals surface area (Å²) in [6, 6.07) is 12.6. The summed E-state index contributed by atoms with van der Waals surface area (Å²) in [6.07, 6.45) is -3.38. The number of esters is 1. The summed E-state index contributed by atoms with van der Waals surface area (Å²) in [7, 11) is 0. The lowest BCUT2D eigenvalue weighted by Gasteiger charge is -2.48. The van der Waals surface area contributed by atoms with Crippen molar-refractivity contribution in [1.82, 2.24) is 5.32 Å². The lowest BCUT2D eigenvalue weighted by Crippen LogP contribution is -2.64. The minimum absolute atomic E-state index is 0.0531. The predicted molar refractivity (Wildman–Crippen MR) is 150 cm³/mol. The number of aliphatic carboxylic acids is 1. The molecule has 0 spiro atoms. The van der Waals surface area contributed by atoms with Gasteiger partial charge < -0.3 is 43.6 Å². The standard InChI is InChI=1S/C31H37NO11/c1-6-37-28(36)20(15-23(33)34)32-27(35)18-11-9-10-17(14-18)19-12-7-8-13-21(19)39-29-26-25(42-31(4,5)43-26)24-22(40-29)16-38-30(2,3)41-24/h7-14,20,22,24-26,29H,6,15-16H2,1-5H3,(H,32,35)(H,33,34)/t20-,22+,24+,25-,26-,29-/m0/s1. The van der Waals surface area contributed by atoms with Crippen molar-refractivity contribution in [2.75, 3.05) is 13.2 Å². The number of fused-ring (bicyclic) bond motifs is 3. The van der Waals surface area contributed by atoms with E-state index in [-0.39, 0.29) is 18.8 Å². The number of benzene rings is 2. The Balaban J connectivity index is 1.38. The Morgan fingerprint density at radius 2 is 1.70 bits per heavy atom. The van der Waals surface area contributed by atoms with Gasteiger partial charge in [0.1, 0.15) is 30.1 Å². The van der Waals surface area contributed by atoms with Crippen LogP contribution in [0, 0.1) is 0 Å². The van der Waals surface area contributed by atoms with Crippen LogP contribution in [-0.4, -0.2) is 84.5 Å². The second-order valence-corrected chi connectivity index (χ2v) is 11.5. The predicted octanol–water partition coefficient (Wildman–Crippen LogP) is 3.27. The van der Waals surface area contributed by atoms with Gasteiger partial charge in [-0.3, -0.25) is 9.59 Å². The van der Waals surface area contributed by atoms with Gasteiger partial charge >= 0.3 is 11.9 Å². The number of carbonyl (C=O) groups excluding carboxylic acids is 2. The number of ether oxygens (including phenoxy) is 7. The number of amides is 1. The van der Waals surface area contributed by atoms with Gasteiger partial charge in [0.05, 0.1) is 19.6 Å². The first kappa shape index (κ1) is 30.9. The maximum atomic E-state index is 13.1. The first-order valence-electron chi connectivity index (χ1n) is 14.2. The number of carboxylic acids is 1. The van der Waals surface area contributed by atoms with Gasteiger partial charge in [-0.1, -0.05) is 30.3 Å². The van der Waals surface area contributed by atoms with Crippen LogP contribution in [-0.2, 0) is 38.0 Å². The fraction of sp³-hybridized carbons (Fsp3) is 0.516. The molecule has 3 fully saturated rings. The number of carbonyl (C=O) groups is 3. The van der Waals surface area contributed by atoms with Crippen LogP contribution in [0.3, 0.4) is 0 Å². The largest absolute Gasteiger partial charge is 0.481 e. The van der Waals surface area contributed by atoms with E-state index in [1.807, 2.05) is 52.0 Å². The molecule has 1 amide bonds. The van der Waals surface area contributed by atoms with E-state index in [9.17, 15) is 19.5 Å². The maximum absolute atomic E-state index is 13.1. The molecular weight excluding hydrogens is 562 g/mol. The van der Waals surface area contributed by atoms with Crippen molar-refractivity contribution in [3.05, 3.63) is 54.1 Å². The van der Waals surface area contributed by atoms with Crippen LogP contribution in [0.2, 0.25) is 0 Å². The number of hydrogen-bond acceptors (Lipinski definition) is 10. The van der Waals surface area contributed by atoms with E-state index >= 15 is 0 Å². The minimum Gasteiger partial charge on any atom is -0.481 e. The smallest absolute Gasteiger partial charge is 0.329 e. The van der Waals surface area contributed by atoms with Gasteiger partial charge in [-0.05, 0) is 58.4 Å². The summed E-state index contributed by atoms with van der Waals surface area (Å²) in [5.41, 5.74) is 1.54. The van der Waals surface area contributed by atoms with E-state index in [4.69, 9.17) is 33.2 Å². The number of rotatable bonds is 9. The summed E-state index contributed by atoms with van der Waals surface area (Å²) in [6.45, 7) is 9.28. The van der Waals surface area contributed by atoms with E-state index in [0.29, 0.717) is 16.9 Å². The monoisotopic (exact) mass is 599 g/mol.